The van der Waals surface area contributed by atoms with Crippen LogP contribution in [0.4, 0.5) is 10.5 Å². The van der Waals surface area contributed by atoms with Crippen LogP contribution in [0.25, 0.3) is 0 Å². The summed E-state index contributed by atoms with van der Waals surface area (Å²) >= 11 is 3.54. The van der Waals surface area contributed by atoms with Crippen LogP contribution in [-0.2, 0) is 17.6 Å². The van der Waals surface area contributed by atoms with Gasteiger partial charge in [-0.05, 0) is 41.3 Å². The molecule has 8 heteroatoms. The predicted octanol–water partition coefficient (Wildman–Crippen LogP) is 3.95. The first kappa shape index (κ1) is 23.4. The summed E-state index contributed by atoms with van der Waals surface area (Å²) in [4.78, 5) is 24.5. The summed E-state index contributed by atoms with van der Waals surface area (Å²) in [5.41, 5.74) is 4.37. The molecule has 0 spiro atoms. The SMILES string of the molecule is C#CCNC(=O)Nc1ccc(C2=NN(C(=O)Cc3cc(CC)c(OC)cc3Br)CC2)cc1. The van der Waals surface area contributed by atoms with Crippen LogP contribution in [0.5, 0.6) is 5.75 Å². The number of urea groups is 1. The molecule has 0 bridgehead atoms. The number of amides is 3. The number of anilines is 1. The van der Waals surface area contributed by atoms with Crippen molar-refractivity contribution >= 4 is 39.3 Å². The van der Waals surface area contributed by atoms with E-state index in [-0.39, 0.29) is 24.9 Å². The predicted molar refractivity (Wildman–Crippen MR) is 129 cm³/mol. The molecule has 2 aromatic carbocycles. The molecule has 32 heavy (non-hydrogen) atoms. The molecule has 0 radical (unpaired) electrons. The second kappa shape index (κ2) is 10.8. The highest BCUT2D eigenvalue weighted by Crippen LogP contribution is 2.29. The highest BCUT2D eigenvalue weighted by molar-refractivity contribution is 9.10. The van der Waals surface area contributed by atoms with Gasteiger partial charge in [0, 0.05) is 16.6 Å². The standard InChI is InChI=1S/C24H25BrN4O3/c1-4-11-26-24(31)27-19-8-6-17(7-9-19)21-10-12-29(28-21)23(30)14-18-13-16(5-2)22(32-3)15-20(18)25/h1,6-9,13,15H,5,10-12,14H2,2-3H3,(H2,26,27,31). The number of carbonyl (C=O) groups is 2. The Bertz CT molecular complexity index is 1070. The van der Waals surface area contributed by atoms with Gasteiger partial charge in [0.25, 0.3) is 0 Å². The third kappa shape index (κ3) is 5.68. The topological polar surface area (TPSA) is 83.0 Å². The number of benzene rings is 2. The molecule has 0 unspecified atom stereocenters. The molecule has 0 saturated heterocycles. The van der Waals surface area contributed by atoms with Crippen molar-refractivity contribution in [2.45, 2.75) is 26.2 Å². The number of terminal acetylenes is 1. The second-order valence-corrected chi connectivity index (χ2v) is 8.04. The lowest BCUT2D eigenvalue weighted by atomic mass is 10.0. The highest BCUT2D eigenvalue weighted by atomic mass is 79.9. The lowest BCUT2D eigenvalue weighted by Gasteiger charge is -2.14. The van der Waals surface area contributed by atoms with Crippen molar-refractivity contribution < 1.29 is 14.3 Å². The maximum atomic E-state index is 12.9. The van der Waals surface area contributed by atoms with Gasteiger partial charge in [0.15, 0.2) is 0 Å². The number of hydrogen-bond donors (Lipinski definition) is 2. The van der Waals surface area contributed by atoms with Crippen LogP contribution < -0.4 is 15.4 Å². The van der Waals surface area contributed by atoms with Gasteiger partial charge in [-0.15, -0.1) is 6.42 Å². The second-order valence-electron chi connectivity index (χ2n) is 7.19. The van der Waals surface area contributed by atoms with Crippen LogP contribution in [0.3, 0.4) is 0 Å². The number of carbonyl (C=O) groups excluding carboxylic acids is 2. The first-order valence-electron chi connectivity index (χ1n) is 10.3. The Morgan fingerprint density at radius 1 is 1.25 bits per heavy atom. The van der Waals surface area contributed by atoms with Gasteiger partial charge < -0.3 is 15.4 Å². The van der Waals surface area contributed by atoms with E-state index in [9.17, 15) is 9.59 Å². The lowest BCUT2D eigenvalue weighted by Crippen LogP contribution is -2.28. The molecular weight excluding hydrogens is 472 g/mol. The van der Waals surface area contributed by atoms with E-state index in [0.717, 1.165) is 39.0 Å². The van der Waals surface area contributed by atoms with Crippen LogP contribution in [0, 0.1) is 12.3 Å². The van der Waals surface area contributed by atoms with Crippen molar-refractivity contribution in [2.24, 2.45) is 5.10 Å². The van der Waals surface area contributed by atoms with E-state index < -0.39 is 0 Å². The summed E-state index contributed by atoms with van der Waals surface area (Å²) in [6, 6.07) is 10.9. The van der Waals surface area contributed by atoms with E-state index in [4.69, 9.17) is 11.2 Å². The summed E-state index contributed by atoms with van der Waals surface area (Å²) in [5.74, 6) is 3.09. The summed E-state index contributed by atoms with van der Waals surface area (Å²) < 4.78 is 6.25. The Morgan fingerprint density at radius 3 is 2.66 bits per heavy atom. The van der Waals surface area contributed by atoms with Crippen molar-refractivity contribution in [1.82, 2.24) is 10.3 Å². The van der Waals surface area contributed by atoms with Gasteiger partial charge in [0.2, 0.25) is 5.91 Å². The molecule has 2 N–H and O–H groups in total. The number of hydrogen-bond acceptors (Lipinski definition) is 4. The molecule has 2 aromatic rings. The van der Waals surface area contributed by atoms with Crippen LogP contribution in [0.2, 0.25) is 0 Å². The Kier molecular flexibility index (Phi) is 7.90. The fourth-order valence-corrected chi connectivity index (χ4v) is 3.86. The summed E-state index contributed by atoms with van der Waals surface area (Å²) in [5, 5.41) is 11.3. The summed E-state index contributed by atoms with van der Waals surface area (Å²) in [6.07, 6.45) is 6.87. The molecule has 3 amide bonds. The van der Waals surface area contributed by atoms with Crippen molar-refractivity contribution in [3.05, 3.63) is 57.6 Å². The number of ether oxygens (including phenoxy) is 1. The van der Waals surface area contributed by atoms with E-state index in [1.165, 1.54) is 5.01 Å². The highest BCUT2D eigenvalue weighted by Gasteiger charge is 2.23. The molecule has 0 atom stereocenters. The quantitative estimate of drug-likeness (QED) is 0.569. The van der Waals surface area contributed by atoms with Gasteiger partial charge in [-0.3, -0.25) is 4.79 Å². The lowest BCUT2D eigenvalue weighted by molar-refractivity contribution is -0.130. The number of halogens is 1. The summed E-state index contributed by atoms with van der Waals surface area (Å²) in [6.45, 7) is 2.76. The molecule has 166 valence electrons. The Labute approximate surface area is 196 Å². The van der Waals surface area contributed by atoms with Crippen LogP contribution in [0.15, 0.2) is 46.0 Å². The van der Waals surface area contributed by atoms with E-state index >= 15 is 0 Å². The van der Waals surface area contributed by atoms with Crippen molar-refractivity contribution in [3.8, 4) is 18.1 Å². The van der Waals surface area contributed by atoms with Crippen molar-refractivity contribution in [3.63, 3.8) is 0 Å². The molecule has 0 saturated carbocycles. The number of nitrogens with zero attached hydrogens (tertiary/aromatic N) is 2. The molecule has 1 aliphatic rings. The monoisotopic (exact) mass is 496 g/mol. The minimum absolute atomic E-state index is 0.0589. The normalized spacial score (nSPS) is 12.7. The molecule has 3 rings (SSSR count). The van der Waals surface area contributed by atoms with Gasteiger partial charge in [-0.1, -0.05) is 47.0 Å². The minimum atomic E-state index is -0.360. The van der Waals surface area contributed by atoms with Crippen LogP contribution in [-0.4, -0.2) is 42.9 Å². The van der Waals surface area contributed by atoms with Crippen LogP contribution >= 0.6 is 15.9 Å². The molecular formula is C24H25BrN4O3. The van der Waals surface area contributed by atoms with Gasteiger partial charge in [0.1, 0.15) is 5.75 Å². The molecule has 1 aliphatic heterocycles. The van der Waals surface area contributed by atoms with Gasteiger partial charge >= 0.3 is 6.03 Å². The third-order valence-corrected chi connectivity index (χ3v) is 5.83. The van der Waals surface area contributed by atoms with Gasteiger partial charge in [-0.25, -0.2) is 9.80 Å². The van der Waals surface area contributed by atoms with E-state index in [2.05, 4.69) is 44.5 Å². The fourth-order valence-electron chi connectivity index (χ4n) is 3.40. The maximum Gasteiger partial charge on any atom is 0.319 e. The van der Waals surface area contributed by atoms with Gasteiger partial charge in [-0.2, -0.15) is 5.10 Å². The minimum Gasteiger partial charge on any atom is -0.496 e. The zero-order valence-corrected chi connectivity index (χ0v) is 19.7. The molecule has 0 fully saturated rings. The van der Waals surface area contributed by atoms with E-state index in [0.29, 0.717) is 18.7 Å². The van der Waals surface area contributed by atoms with Crippen molar-refractivity contribution in [2.75, 3.05) is 25.5 Å². The number of nitrogens with one attached hydrogen (secondary N) is 2. The first-order valence-corrected chi connectivity index (χ1v) is 11.1. The zero-order valence-electron chi connectivity index (χ0n) is 18.1. The first-order chi connectivity index (χ1) is 15.4. The Balaban J connectivity index is 1.65. The Hall–Kier alpha value is -3.31. The maximum absolute atomic E-state index is 12.9. The number of aryl methyl sites for hydroxylation is 1. The molecule has 0 aromatic heterocycles. The summed E-state index contributed by atoms with van der Waals surface area (Å²) in [7, 11) is 1.64. The van der Waals surface area contributed by atoms with E-state index in [1.807, 2.05) is 24.3 Å². The van der Waals surface area contributed by atoms with E-state index in [1.54, 1.807) is 19.2 Å². The largest absolute Gasteiger partial charge is 0.496 e. The number of hydrazone groups is 1. The number of methoxy groups -OCH3 is 1. The van der Waals surface area contributed by atoms with Gasteiger partial charge in [0.05, 0.1) is 32.3 Å². The average molecular weight is 497 g/mol. The van der Waals surface area contributed by atoms with Crippen LogP contribution in [0.1, 0.15) is 30.0 Å². The smallest absolute Gasteiger partial charge is 0.319 e. The molecule has 1 heterocycles. The molecule has 0 aliphatic carbocycles. The third-order valence-electron chi connectivity index (χ3n) is 5.09. The molecule has 7 nitrogen and oxygen atoms in total. The zero-order chi connectivity index (χ0) is 23.1. The van der Waals surface area contributed by atoms with Crippen molar-refractivity contribution in [1.29, 1.82) is 0 Å². The average Bonchev–Trinajstić information content (AvgIpc) is 3.29. The Morgan fingerprint density at radius 2 is 2.00 bits per heavy atom. The fraction of sp³-hybridized carbons (Fsp3) is 0.292. The number of rotatable bonds is 7.